The number of hydrogen-bond donors (Lipinski definition) is 3. The molecule has 0 fully saturated rings. The molecule has 4 N–H and O–H groups in total. The van der Waals surface area contributed by atoms with Gasteiger partial charge in [0.25, 0.3) is 0 Å². The fourth-order valence-corrected chi connectivity index (χ4v) is 2.29. The molecule has 0 bridgehead atoms. The Labute approximate surface area is 122 Å². The number of hydrogen-bond acceptors (Lipinski definition) is 5. The van der Waals surface area contributed by atoms with Crippen LogP contribution >= 0.6 is 0 Å². The molecule has 2 aromatic rings. The third-order valence-corrected chi connectivity index (χ3v) is 3.30. The molecule has 1 aromatic heterocycles. The van der Waals surface area contributed by atoms with Crippen LogP contribution < -0.4 is 15.4 Å². The van der Waals surface area contributed by atoms with Crippen LogP contribution in [0.1, 0.15) is 5.56 Å². The molecule has 1 aromatic carbocycles. The predicted octanol–water partition coefficient (Wildman–Crippen LogP) is 2.15. The predicted molar refractivity (Wildman–Crippen MR) is 81.4 cm³/mol. The van der Waals surface area contributed by atoms with E-state index in [1.54, 1.807) is 6.20 Å². The Morgan fingerprint density at radius 3 is 2.76 bits per heavy atom. The van der Waals surface area contributed by atoms with Crippen molar-refractivity contribution < 1.29 is 4.74 Å². The number of nitrogens with zero attached hydrogens (tertiary/aromatic N) is 2. The second-order valence-electron chi connectivity index (χ2n) is 4.76. The zero-order valence-corrected chi connectivity index (χ0v) is 11.3. The number of anilines is 1. The van der Waals surface area contributed by atoms with Crippen LogP contribution in [0.3, 0.4) is 0 Å². The van der Waals surface area contributed by atoms with Crippen molar-refractivity contribution >= 4 is 18.0 Å². The Balaban J connectivity index is 1.93. The molecular weight excluding hydrogens is 266 g/mol. The molecule has 0 radical (unpaired) electrons. The molecule has 0 spiro atoms. The first-order valence-electron chi connectivity index (χ1n) is 6.54. The first-order chi connectivity index (χ1) is 10.2. The number of aromatic nitrogens is 1. The van der Waals surface area contributed by atoms with Gasteiger partial charge in [-0.15, -0.1) is 0 Å². The number of amidine groups is 1. The largest absolute Gasteiger partial charge is 0.456 e. The van der Waals surface area contributed by atoms with E-state index in [4.69, 9.17) is 21.3 Å². The first-order valence-corrected chi connectivity index (χ1v) is 6.54. The minimum Gasteiger partial charge on any atom is -0.456 e. The molecule has 3 rings (SSSR count). The number of nitrogens with one attached hydrogen (secondary N) is 2. The number of ether oxygens (including phenoxy) is 1. The number of para-hydroxylation sites is 1. The van der Waals surface area contributed by atoms with Crippen molar-refractivity contribution in [2.24, 2.45) is 5.73 Å². The lowest BCUT2D eigenvalue weighted by Crippen LogP contribution is -2.48. The van der Waals surface area contributed by atoms with Gasteiger partial charge < -0.3 is 10.5 Å². The molecule has 21 heavy (non-hydrogen) atoms. The van der Waals surface area contributed by atoms with E-state index in [2.05, 4.69) is 4.98 Å². The third-order valence-electron chi connectivity index (χ3n) is 3.30. The highest BCUT2D eigenvalue weighted by Crippen LogP contribution is 2.29. The third kappa shape index (κ3) is 2.48. The highest BCUT2D eigenvalue weighted by molar-refractivity contribution is 6.12. The van der Waals surface area contributed by atoms with Gasteiger partial charge in [-0.05, 0) is 24.6 Å². The van der Waals surface area contributed by atoms with Crippen LogP contribution in [0.5, 0.6) is 11.5 Å². The molecule has 0 aliphatic carbocycles. The Bertz CT molecular complexity index is 686. The van der Waals surface area contributed by atoms with Crippen molar-refractivity contribution in [3.63, 3.8) is 0 Å². The van der Waals surface area contributed by atoms with Crippen molar-refractivity contribution in [3.8, 4) is 11.5 Å². The van der Waals surface area contributed by atoms with Gasteiger partial charge in [0.1, 0.15) is 23.2 Å². The fraction of sp³-hybridized carbons (Fsp3) is 0.133. The van der Waals surface area contributed by atoms with Gasteiger partial charge in [-0.1, -0.05) is 18.2 Å². The molecule has 1 aliphatic heterocycles. The standard InChI is InChI=1S/C15H15N5O/c16-9-20-14(18)13(17)7-10-6-12(8-19-15(10)20)21-11-4-2-1-3-5-11/h1-6,8-9,13,16,18H,7,17H2. The van der Waals surface area contributed by atoms with Gasteiger partial charge in [0.15, 0.2) is 0 Å². The SMILES string of the molecule is N=CN1C(=N)C(N)Cc2cc(Oc3ccccc3)cnc21. The zero-order valence-electron chi connectivity index (χ0n) is 11.3. The minimum absolute atomic E-state index is 0.182. The number of benzene rings is 1. The second kappa shape index (κ2) is 5.34. The summed E-state index contributed by atoms with van der Waals surface area (Å²) in [7, 11) is 0. The van der Waals surface area contributed by atoms with Crippen molar-refractivity contribution in [1.29, 1.82) is 10.8 Å². The zero-order chi connectivity index (χ0) is 14.8. The normalized spacial score (nSPS) is 17.3. The van der Waals surface area contributed by atoms with Crippen LogP contribution in [0, 0.1) is 10.8 Å². The molecule has 0 amide bonds. The van der Waals surface area contributed by atoms with E-state index in [1.165, 1.54) is 4.90 Å². The summed E-state index contributed by atoms with van der Waals surface area (Å²) in [4.78, 5) is 5.69. The number of pyridine rings is 1. The van der Waals surface area contributed by atoms with Gasteiger partial charge in [-0.25, -0.2) is 4.98 Å². The molecule has 1 atom stereocenters. The van der Waals surface area contributed by atoms with Gasteiger partial charge in [-0.2, -0.15) is 0 Å². The summed E-state index contributed by atoms with van der Waals surface area (Å²) < 4.78 is 5.74. The van der Waals surface area contributed by atoms with E-state index in [-0.39, 0.29) is 5.84 Å². The lowest BCUT2D eigenvalue weighted by Gasteiger charge is -2.30. The van der Waals surface area contributed by atoms with E-state index in [1.807, 2.05) is 36.4 Å². The van der Waals surface area contributed by atoms with Crippen molar-refractivity contribution in [3.05, 3.63) is 48.2 Å². The summed E-state index contributed by atoms with van der Waals surface area (Å²) in [6.45, 7) is 0. The molecule has 0 saturated carbocycles. The molecule has 1 unspecified atom stereocenters. The van der Waals surface area contributed by atoms with Gasteiger partial charge in [0, 0.05) is 5.56 Å². The smallest absolute Gasteiger partial charge is 0.146 e. The lowest BCUT2D eigenvalue weighted by atomic mass is 10.0. The van der Waals surface area contributed by atoms with Crippen molar-refractivity contribution in [2.75, 3.05) is 4.90 Å². The maximum atomic E-state index is 7.89. The molecular formula is C15H15N5O. The van der Waals surface area contributed by atoms with Gasteiger partial charge >= 0.3 is 0 Å². The molecule has 106 valence electrons. The maximum absolute atomic E-state index is 7.89. The summed E-state index contributed by atoms with van der Waals surface area (Å²) in [6, 6.07) is 10.9. The lowest BCUT2D eigenvalue weighted by molar-refractivity contribution is 0.479. The van der Waals surface area contributed by atoms with E-state index in [9.17, 15) is 0 Å². The summed E-state index contributed by atoms with van der Waals surface area (Å²) >= 11 is 0. The Hall–Kier alpha value is -2.73. The topological polar surface area (TPSA) is 99.1 Å². The summed E-state index contributed by atoms with van der Waals surface area (Å²) in [6.07, 6.45) is 3.16. The molecule has 2 heterocycles. The van der Waals surface area contributed by atoms with Gasteiger partial charge in [0.05, 0.1) is 18.6 Å². The van der Waals surface area contributed by atoms with Crippen LogP contribution in [-0.4, -0.2) is 23.2 Å². The van der Waals surface area contributed by atoms with E-state index >= 15 is 0 Å². The van der Waals surface area contributed by atoms with Crippen molar-refractivity contribution in [2.45, 2.75) is 12.5 Å². The number of rotatable bonds is 3. The number of fused-ring (bicyclic) bond motifs is 1. The van der Waals surface area contributed by atoms with E-state index in [0.29, 0.717) is 18.0 Å². The monoisotopic (exact) mass is 281 g/mol. The van der Waals surface area contributed by atoms with Crippen LogP contribution in [0.15, 0.2) is 42.6 Å². The Kier molecular flexibility index (Phi) is 3.37. The van der Waals surface area contributed by atoms with Crippen molar-refractivity contribution in [1.82, 2.24) is 4.98 Å². The molecule has 6 nitrogen and oxygen atoms in total. The first kappa shape index (κ1) is 13.3. The average Bonchev–Trinajstić information content (AvgIpc) is 2.50. The Morgan fingerprint density at radius 2 is 2.05 bits per heavy atom. The minimum atomic E-state index is -0.437. The second-order valence-corrected chi connectivity index (χ2v) is 4.76. The van der Waals surface area contributed by atoms with E-state index < -0.39 is 6.04 Å². The maximum Gasteiger partial charge on any atom is 0.146 e. The fourth-order valence-electron chi connectivity index (χ4n) is 2.29. The van der Waals surface area contributed by atoms with Gasteiger partial charge in [-0.3, -0.25) is 15.7 Å². The van der Waals surface area contributed by atoms with Gasteiger partial charge in [0.2, 0.25) is 0 Å². The molecule has 0 saturated heterocycles. The summed E-state index contributed by atoms with van der Waals surface area (Å²) in [5.41, 5.74) is 6.79. The Morgan fingerprint density at radius 1 is 1.29 bits per heavy atom. The van der Waals surface area contributed by atoms with Crippen LogP contribution in [0.2, 0.25) is 0 Å². The summed E-state index contributed by atoms with van der Waals surface area (Å²) in [5.74, 6) is 2.10. The quantitative estimate of drug-likeness (QED) is 0.593. The van der Waals surface area contributed by atoms with E-state index in [0.717, 1.165) is 17.7 Å². The molecule has 1 aliphatic rings. The highest BCUT2D eigenvalue weighted by atomic mass is 16.5. The highest BCUT2D eigenvalue weighted by Gasteiger charge is 2.28. The van der Waals surface area contributed by atoms with Crippen LogP contribution in [-0.2, 0) is 6.42 Å². The summed E-state index contributed by atoms with van der Waals surface area (Å²) in [5, 5.41) is 15.3. The number of nitrogens with two attached hydrogens (primary N) is 1. The molecule has 6 heteroatoms. The van der Waals surface area contributed by atoms with Crippen LogP contribution in [0.4, 0.5) is 5.82 Å². The van der Waals surface area contributed by atoms with Crippen LogP contribution in [0.25, 0.3) is 0 Å². The average molecular weight is 281 g/mol.